The number of nitrogens with one attached hydrogen (secondary N) is 3. The van der Waals surface area contributed by atoms with Gasteiger partial charge in [-0.05, 0) is 94.7 Å². The number of ketones is 2. The van der Waals surface area contributed by atoms with Crippen molar-refractivity contribution in [3.05, 3.63) is 12.2 Å². The zero-order valence-electron chi connectivity index (χ0n) is 26.9. The number of Topliss-reactive ketones (excluding diaryl/α,β-unsaturated/α-hetero) is 1. The summed E-state index contributed by atoms with van der Waals surface area (Å²) in [5.74, 6) is 11.1. The molecule has 0 rings (SSSR count). The zero-order valence-corrected chi connectivity index (χ0v) is 26.9. The van der Waals surface area contributed by atoms with Gasteiger partial charge in [0, 0.05) is 27.4 Å². The molecule has 0 amide bonds. The van der Waals surface area contributed by atoms with Crippen LogP contribution in [0.3, 0.4) is 0 Å². The summed E-state index contributed by atoms with van der Waals surface area (Å²) in [7, 11) is 9.16. The van der Waals surface area contributed by atoms with Crippen molar-refractivity contribution in [3.8, 4) is 23.7 Å². The summed E-state index contributed by atoms with van der Waals surface area (Å²) in [6.45, 7) is 21.4. The van der Waals surface area contributed by atoms with Crippen LogP contribution in [0.25, 0.3) is 0 Å². The first kappa shape index (κ1) is 51.6. The summed E-state index contributed by atoms with van der Waals surface area (Å²) in [5, 5.41) is 8.84. The maximum absolute atomic E-state index is 10.1. The molecule has 0 bridgehead atoms. The summed E-state index contributed by atoms with van der Waals surface area (Å²) in [6, 6.07) is 0. The van der Waals surface area contributed by atoms with Crippen LogP contribution < -0.4 is 16.0 Å². The van der Waals surface area contributed by atoms with Crippen molar-refractivity contribution in [1.29, 1.82) is 0 Å². The van der Waals surface area contributed by atoms with E-state index in [2.05, 4.69) is 65.1 Å². The first-order valence-corrected chi connectivity index (χ1v) is 13.0. The smallest absolute Gasteiger partial charge is 0.152 e. The van der Waals surface area contributed by atoms with Crippen LogP contribution in [-0.4, -0.2) is 79.8 Å². The molecule has 0 aliphatic carbocycles. The minimum atomic E-state index is 0.109. The van der Waals surface area contributed by atoms with Gasteiger partial charge in [-0.1, -0.05) is 38.7 Å². The summed E-state index contributed by atoms with van der Waals surface area (Å²) >= 11 is 0. The Morgan fingerprint density at radius 2 is 1.30 bits per heavy atom. The van der Waals surface area contributed by atoms with E-state index in [0.717, 1.165) is 39.3 Å². The topological polar surface area (TPSA) is 88.7 Å². The maximum Gasteiger partial charge on any atom is 0.152 e. The van der Waals surface area contributed by atoms with E-state index in [1.165, 1.54) is 26.3 Å². The molecule has 0 aliphatic heterocycles. The molecule has 0 aromatic rings. The molecule has 37 heavy (non-hydrogen) atoms. The maximum atomic E-state index is 10.1. The fraction of sp³-hybridized carbons (Fsp3) is 0.733. The van der Waals surface area contributed by atoms with E-state index in [0.29, 0.717) is 6.42 Å². The molecule has 0 heterocycles. The van der Waals surface area contributed by atoms with E-state index in [4.69, 9.17) is 4.74 Å². The van der Waals surface area contributed by atoms with Gasteiger partial charge in [-0.25, -0.2) is 0 Å². The molecule has 0 saturated heterocycles. The standard InChI is InChI=1S/C6H8O.C5H9N.C5H8O.C4H11N.C4H10O.C3H9N.C3H8O/c1-3-4-5-6(2)7;1-3-4-5-6-2;1-3-4-5(2)6;2*1-3-4-5-2;2*1-3-4-2/h5H2,1-2H3;6H,5H2,1-2H3;3-4H,1-2H3;5H,3-4H2,1-2H3;3-4H2,1-2H3;4H,3H2,1-2H3;3H2,1-2H3/b;;4-3+;;;;. The lowest BCUT2D eigenvalue weighted by atomic mass is 10.3. The zero-order chi connectivity index (χ0) is 30.6. The normalized spacial score (nSPS) is 7.73. The summed E-state index contributed by atoms with van der Waals surface area (Å²) in [5.41, 5.74) is 0. The van der Waals surface area contributed by atoms with Gasteiger partial charge in [0.1, 0.15) is 5.78 Å². The van der Waals surface area contributed by atoms with Crippen molar-refractivity contribution in [2.24, 2.45) is 0 Å². The molecule has 0 atom stereocenters. The second-order valence-electron chi connectivity index (χ2n) is 6.75. The van der Waals surface area contributed by atoms with Gasteiger partial charge in [0.15, 0.2) is 5.78 Å². The minimum absolute atomic E-state index is 0.109. The van der Waals surface area contributed by atoms with Gasteiger partial charge in [0.05, 0.1) is 13.0 Å². The van der Waals surface area contributed by atoms with Crippen LogP contribution in [0.5, 0.6) is 0 Å². The third kappa shape index (κ3) is 178. The average Bonchev–Trinajstić information content (AvgIpc) is 2.89. The van der Waals surface area contributed by atoms with Gasteiger partial charge in [-0.2, -0.15) is 0 Å². The molecule has 7 nitrogen and oxygen atoms in total. The molecule has 3 N–H and O–H groups in total. The monoisotopic (exact) mass is 529 g/mol. The third-order valence-electron chi connectivity index (χ3n) is 2.91. The van der Waals surface area contributed by atoms with Crippen molar-refractivity contribution < 1.29 is 19.1 Å². The molecule has 222 valence electrons. The highest BCUT2D eigenvalue weighted by Crippen LogP contribution is 1.74. The predicted molar refractivity (Wildman–Crippen MR) is 165 cm³/mol. The van der Waals surface area contributed by atoms with E-state index in [-0.39, 0.29) is 11.6 Å². The Kier molecular flexibility index (Phi) is 97.6. The van der Waals surface area contributed by atoms with E-state index >= 15 is 0 Å². The van der Waals surface area contributed by atoms with Crippen LogP contribution in [0.15, 0.2) is 12.2 Å². The molecule has 7 heteroatoms. The second kappa shape index (κ2) is 70.0. The Bertz CT molecular complexity index is 510. The molecule has 0 fully saturated rings. The number of carbonyl (C=O) groups is 2. The first-order chi connectivity index (χ1) is 17.6. The lowest BCUT2D eigenvalue weighted by molar-refractivity contribution is -0.116. The highest BCUT2D eigenvalue weighted by atomic mass is 16.5. The molecular formula is C30H63N3O4. The largest absolute Gasteiger partial charge is 0.385 e. The van der Waals surface area contributed by atoms with Crippen LogP contribution in [0.4, 0.5) is 0 Å². The lowest BCUT2D eigenvalue weighted by Gasteiger charge is -1.84. The quantitative estimate of drug-likeness (QED) is 0.289. The van der Waals surface area contributed by atoms with Crippen LogP contribution in [0.2, 0.25) is 0 Å². The van der Waals surface area contributed by atoms with Gasteiger partial charge in [-0.15, -0.1) is 11.8 Å². The summed E-state index contributed by atoms with van der Waals surface area (Å²) < 4.78 is 9.23. The Labute approximate surface area is 232 Å². The molecule has 0 spiro atoms. The van der Waals surface area contributed by atoms with Gasteiger partial charge in [-0.3, -0.25) is 9.59 Å². The fourth-order valence-electron chi connectivity index (χ4n) is 1.08. The van der Waals surface area contributed by atoms with E-state index in [1.807, 2.05) is 41.9 Å². The van der Waals surface area contributed by atoms with Crippen molar-refractivity contribution >= 4 is 11.6 Å². The van der Waals surface area contributed by atoms with E-state index in [1.54, 1.807) is 27.2 Å². The molecular weight excluding hydrogens is 466 g/mol. The van der Waals surface area contributed by atoms with Gasteiger partial charge in [0.2, 0.25) is 0 Å². The first-order valence-electron chi connectivity index (χ1n) is 13.0. The summed E-state index contributed by atoms with van der Waals surface area (Å²) in [6.07, 6.45) is 6.01. The van der Waals surface area contributed by atoms with Crippen molar-refractivity contribution in [2.45, 2.75) is 81.6 Å². The Balaban J connectivity index is -0.0000000573. The summed E-state index contributed by atoms with van der Waals surface area (Å²) in [4.78, 5) is 20.1. The van der Waals surface area contributed by atoms with E-state index in [9.17, 15) is 9.59 Å². The van der Waals surface area contributed by atoms with Gasteiger partial charge in [0.25, 0.3) is 0 Å². The van der Waals surface area contributed by atoms with Crippen LogP contribution in [0.1, 0.15) is 81.6 Å². The van der Waals surface area contributed by atoms with Crippen molar-refractivity contribution in [3.63, 3.8) is 0 Å². The predicted octanol–water partition coefficient (Wildman–Crippen LogP) is 4.91. The van der Waals surface area contributed by atoms with Gasteiger partial charge >= 0.3 is 0 Å². The number of methoxy groups -OCH3 is 2. The number of carbonyl (C=O) groups excluding carboxylic acids is 2. The van der Waals surface area contributed by atoms with Crippen molar-refractivity contribution in [1.82, 2.24) is 16.0 Å². The third-order valence-corrected chi connectivity index (χ3v) is 2.91. The minimum Gasteiger partial charge on any atom is -0.385 e. The van der Waals surface area contributed by atoms with E-state index < -0.39 is 0 Å². The van der Waals surface area contributed by atoms with Crippen LogP contribution in [0, 0.1) is 23.7 Å². The molecule has 0 aromatic heterocycles. The van der Waals surface area contributed by atoms with Gasteiger partial charge < -0.3 is 25.4 Å². The Hall–Kier alpha value is -2.00. The average molecular weight is 530 g/mol. The van der Waals surface area contributed by atoms with Crippen LogP contribution in [-0.2, 0) is 19.1 Å². The lowest BCUT2D eigenvalue weighted by Crippen LogP contribution is -2.04. The number of rotatable bonds is 9. The highest BCUT2D eigenvalue weighted by molar-refractivity contribution is 5.87. The Morgan fingerprint density at radius 3 is 1.35 bits per heavy atom. The number of hydrogen-bond donors (Lipinski definition) is 3. The van der Waals surface area contributed by atoms with Crippen molar-refractivity contribution in [2.75, 3.05) is 68.2 Å². The molecule has 0 radical (unpaired) electrons. The number of allylic oxidation sites excluding steroid dienone is 2. The number of hydrogen-bond acceptors (Lipinski definition) is 7. The Morgan fingerprint density at radius 1 is 0.811 bits per heavy atom. The second-order valence-corrected chi connectivity index (χ2v) is 6.75. The van der Waals surface area contributed by atoms with Crippen LogP contribution >= 0.6 is 0 Å². The highest BCUT2D eigenvalue weighted by Gasteiger charge is 1.81. The molecule has 0 saturated carbocycles. The molecule has 0 aliphatic rings. The molecule has 0 aromatic carbocycles. The number of ether oxygens (including phenoxy) is 2. The molecule has 0 unspecified atom stereocenters. The SMILES string of the molecule is C/C=C/C(C)=O.CC#CCC(C)=O.CC#CCNC.CCCNC.CCCOC.CCNC.CCOC. The fourth-order valence-corrected chi connectivity index (χ4v) is 1.08.